The van der Waals surface area contributed by atoms with Crippen molar-refractivity contribution >= 4 is 27.5 Å². The molecule has 0 atom stereocenters. The third-order valence-corrected chi connectivity index (χ3v) is 5.68. The van der Waals surface area contributed by atoms with Crippen molar-refractivity contribution in [1.82, 2.24) is 19.7 Å². The third kappa shape index (κ3) is 3.45. The Bertz CT molecular complexity index is 1290. The van der Waals surface area contributed by atoms with Crippen molar-refractivity contribution in [2.75, 3.05) is 13.7 Å². The normalized spacial score (nSPS) is 11.0. The molecule has 0 aliphatic rings. The van der Waals surface area contributed by atoms with E-state index >= 15 is 0 Å². The summed E-state index contributed by atoms with van der Waals surface area (Å²) in [6, 6.07) is 7.31. The summed E-state index contributed by atoms with van der Waals surface area (Å²) in [5.41, 5.74) is 0.950. The maximum absolute atomic E-state index is 13.0. The average Bonchev–Trinajstić information content (AvgIpc) is 3.35. The van der Waals surface area contributed by atoms with Crippen LogP contribution in [0, 0.1) is 6.92 Å². The highest BCUT2D eigenvalue weighted by Crippen LogP contribution is 2.28. The minimum atomic E-state index is -0.456. The highest BCUT2D eigenvalue weighted by Gasteiger charge is 2.21. The molecule has 9 nitrogen and oxygen atoms in total. The smallest absolute Gasteiger partial charge is 0.348 e. The number of carbonyl (C=O) groups is 1. The van der Waals surface area contributed by atoms with E-state index in [1.807, 2.05) is 18.2 Å². The molecule has 0 fully saturated rings. The second kappa shape index (κ2) is 8.07. The number of aromatic nitrogens is 4. The van der Waals surface area contributed by atoms with Crippen molar-refractivity contribution in [2.45, 2.75) is 20.4 Å². The number of aryl methyl sites for hydroxylation is 1. The summed E-state index contributed by atoms with van der Waals surface area (Å²) < 4.78 is 17.1. The molecule has 3 aromatic heterocycles. The Labute approximate surface area is 174 Å². The number of rotatable bonds is 6. The summed E-state index contributed by atoms with van der Waals surface area (Å²) in [6.45, 7) is 3.75. The molecule has 4 rings (SSSR count). The molecule has 0 radical (unpaired) electrons. The van der Waals surface area contributed by atoms with E-state index in [0.29, 0.717) is 37.8 Å². The molecule has 0 N–H and O–H groups in total. The number of hydrogen-bond acceptors (Lipinski definition) is 9. The van der Waals surface area contributed by atoms with Gasteiger partial charge < -0.3 is 14.0 Å². The Morgan fingerprint density at radius 3 is 2.87 bits per heavy atom. The molecular formula is C20H18N4O5S. The van der Waals surface area contributed by atoms with Crippen LogP contribution in [0.15, 0.2) is 39.9 Å². The largest absolute Gasteiger partial charge is 0.496 e. The van der Waals surface area contributed by atoms with Crippen molar-refractivity contribution in [1.29, 1.82) is 0 Å². The number of thiophene rings is 1. The fourth-order valence-electron chi connectivity index (χ4n) is 3.07. The second-order valence-electron chi connectivity index (χ2n) is 6.35. The predicted molar refractivity (Wildman–Crippen MR) is 110 cm³/mol. The summed E-state index contributed by atoms with van der Waals surface area (Å²) in [7, 11) is 1.56. The van der Waals surface area contributed by atoms with E-state index < -0.39 is 5.97 Å². The summed E-state index contributed by atoms with van der Waals surface area (Å²) in [4.78, 5) is 34.7. The molecule has 1 aromatic carbocycles. The zero-order valence-corrected chi connectivity index (χ0v) is 17.4. The fraction of sp³-hybridized carbons (Fsp3) is 0.250. The maximum Gasteiger partial charge on any atom is 0.348 e. The van der Waals surface area contributed by atoms with Gasteiger partial charge in [-0.15, -0.1) is 11.3 Å². The van der Waals surface area contributed by atoms with Gasteiger partial charge >= 0.3 is 5.97 Å². The van der Waals surface area contributed by atoms with E-state index in [9.17, 15) is 9.59 Å². The lowest BCUT2D eigenvalue weighted by atomic mass is 10.2. The number of para-hydroxylation sites is 1. The van der Waals surface area contributed by atoms with Crippen LogP contribution >= 0.6 is 11.3 Å². The molecule has 30 heavy (non-hydrogen) atoms. The van der Waals surface area contributed by atoms with Crippen molar-refractivity contribution in [2.24, 2.45) is 0 Å². The van der Waals surface area contributed by atoms with Gasteiger partial charge in [0.05, 0.1) is 31.0 Å². The molecule has 0 saturated heterocycles. The van der Waals surface area contributed by atoms with Crippen LogP contribution in [0.1, 0.15) is 28.0 Å². The van der Waals surface area contributed by atoms with Gasteiger partial charge in [-0.25, -0.2) is 9.78 Å². The van der Waals surface area contributed by atoms with Crippen LogP contribution in [0.5, 0.6) is 5.75 Å². The van der Waals surface area contributed by atoms with E-state index in [2.05, 4.69) is 15.1 Å². The van der Waals surface area contributed by atoms with Crippen LogP contribution in [0.4, 0.5) is 0 Å². The zero-order chi connectivity index (χ0) is 21.3. The maximum atomic E-state index is 13.0. The molecular weight excluding hydrogens is 408 g/mol. The van der Waals surface area contributed by atoms with E-state index in [4.69, 9.17) is 14.0 Å². The number of ether oxygens (including phenoxy) is 2. The van der Waals surface area contributed by atoms with Crippen molar-refractivity contribution in [3.05, 3.63) is 57.3 Å². The molecule has 3 heterocycles. The Morgan fingerprint density at radius 2 is 2.10 bits per heavy atom. The summed E-state index contributed by atoms with van der Waals surface area (Å²) >= 11 is 1.14. The van der Waals surface area contributed by atoms with Gasteiger partial charge in [-0.1, -0.05) is 17.3 Å². The molecule has 0 amide bonds. The predicted octanol–water partition coefficient (Wildman–Crippen LogP) is 3.05. The first-order valence-corrected chi connectivity index (χ1v) is 9.96. The Hall–Kier alpha value is -3.53. The number of hydrogen-bond donors (Lipinski definition) is 0. The molecule has 4 aromatic rings. The molecule has 0 unspecified atom stereocenters. The van der Waals surface area contributed by atoms with Gasteiger partial charge in [-0.3, -0.25) is 9.36 Å². The molecule has 0 aliphatic heterocycles. The highest BCUT2D eigenvalue weighted by atomic mass is 32.1. The van der Waals surface area contributed by atoms with E-state index in [-0.39, 0.29) is 24.6 Å². The van der Waals surface area contributed by atoms with Crippen molar-refractivity contribution in [3.63, 3.8) is 0 Å². The number of carbonyl (C=O) groups excluding carboxylic acids is 1. The number of methoxy groups -OCH3 is 1. The van der Waals surface area contributed by atoms with Gasteiger partial charge in [0.1, 0.15) is 22.0 Å². The monoisotopic (exact) mass is 426 g/mol. The minimum absolute atomic E-state index is 0.0496. The van der Waals surface area contributed by atoms with Gasteiger partial charge in [-0.2, -0.15) is 4.98 Å². The van der Waals surface area contributed by atoms with E-state index in [0.717, 1.165) is 11.3 Å². The Kier molecular flexibility index (Phi) is 5.32. The van der Waals surface area contributed by atoms with E-state index in [1.165, 1.54) is 10.9 Å². The lowest BCUT2D eigenvalue weighted by molar-refractivity contribution is 0.0531. The first-order chi connectivity index (χ1) is 14.5. The van der Waals surface area contributed by atoms with Gasteiger partial charge in [0.25, 0.3) is 5.56 Å². The second-order valence-corrected chi connectivity index (χ2v) is 7.35. The van der Waals surface area contributed by atoms with Gasteiger partial charge in [0, 0.05) is 0 Å². The average molecular weight is 426 g/mol. The molecule has 0 saturated carbocycles. The summed E-state index contributed by atoms with van der Waals surface area (Å²) in [5.74, 6) is 0.770. The van der Waals surface area contributed by atoms with Crippen LogP contribution in [0.3, 0.4) is 0 Å². The number of fused-ring (bicyclic) bond motifs is 1. The molecule has 0 bridgehead atoms. The van der Waals surface area contributed by atoms with Crippen molar-refractivity contribution < 1.29 is 18.8 Å². The lowest BCUT2D eigenvalue weighted by Gasteiger charge is -2.03. The highest BCUT2D eigenvalue weighted by molar-refractivity contribution is 7.20. The lowest BCUT2D eigenvalue weighted by Crippen LogP contribution is -2.21. The number of nitrogens with zero attached hydrogens (tertiary/aromatic N) is 4. The molecule has 0 spiro atoms. The first-order valence-electron chi connectivity index (χ1n) is 9.15. The first kappa shape index (κ1) is 19.8. The van der Waals surface area contributed by atoms with Crippen LogP contribution < -0.4 is 10.3 Å². The number of esters is 1. The zero-order valence-electron chi connectivity index (χ0n) is 16.5. The Morgan fingerprint density at radius 1 is 1.30 bits per heavy atom. The SMILES string of the molecule is CCOC(=O)c1sc2ncn(Cc3nc(-c4ccccc4OC)no3)c(=O)c2c1C. The van der Waals surface area contributed by atoms with Crippen LogP contribution in [-0.2, 0) is 11.3 Å². The van der Waals surface area contributed by atoms with E-state index in [1.54, 1.807) is 27.0 Å². The van der Waals surface area contributed by atoms with Crippen LogP contribution in [-0.4, -0.2) is 39.4 Å². The van der Waals surface area contributed by atoms with Crippen LogP contribution in [0.2, 0.25) is 0 Å². The summed E-state index contributed by atoms with van der Waals surface area (Å²) in [6.07, 6.45) is 1.41. The minimum Gasteiger partial charge on any atom is -0.496 e. The fourth-order valence-corrected chi connectivity index (χ4v) is 4.10. The van der Waals surface area contributed by atoms with Gasteiger partial charge in [0.15, 0.2) is 0 Å². The van der Waals surface area contributed by atoms with Gasteiger partial charge in [-0.05, 0) is 31.5 Å². The molecule has 154 valence electrons. The Balaban J connectivity index is 1.67. The topological polar surface area (TPSA) is 109 Å². The summed E-state index contributed by atoms with van der Waals surface area (Å²) in [5, 5.41) is 4.37. The number of benzene rings is 1. The third-order valence-electron chi connectivity index (χ3n) is 4.50. The molecule has 10 heteroatoms. The standard InChI is InChI=1S/C20H18N4O5S/c1-4-28-20(26)16-11(2)15-18(30-16)21-10-24(19(15)25)9-14-22-17(23-29-14)12-7-5-6-8-13(12)27-3/h5-8,10H,4,9H2,1-3H3. The quantitative estimate of drug-likeness (QED) is 0.433. The van der Waals surface area contributed by atoms with Gasteiger partial charge in [0.2, 0.25) is 11.7 Å². The van der Waals surface area contributed by atoms with Crippen molar-refractivity contribution in [3.8, 4) is 17.1 Å². The molecule has 0 aliphatic carbocycles. The van der Waals surface area contributed by atoms with Crippen LogP contribution in [0.25, 0.3) is 21.6 Å².